The number of hydrazone groups is 2. The lowest BCUT2D eigenvalue weighted by molar-refractivity contribution is -0.174. The van der Waals surface area contributed by atoms with Gasteiger partial charge >= 0.3 is 11.8 Å². The van der Waals surface area contributed by atoms with Crippen molar-refractivity contribution in [3.05, 3.63) is 0 Å². The monoisotopic (exact) mass is 282 g/mol. The van der Waals surface area contributed by atoms with Gasteiger partial charge in [-0.1, -0.05) is 0 Å². The van der Waals surface area contributed by atoms with Crippen molar-refractivity contribution in [2.75, 3.05) is 0 Å². The summed E-state index contributed by atoms with van der Waals surface area (Å²) in [5, 5.41) is 29.4. The molecule has 8 heteroatoms. The summed E-state index contributed by atoms with van der Waals surface area (Å²) in [6.45, 7) is 6.10. The Bertz CT molecular complexity index is 488. The molecule has 2 N–H and O–H groups in total. The lowest BCUT2D eigenvalue weighted by Crippen LogP contribution is -2.53. The van der Waals surface area contributed by atoms with Crippen LogP contribution in [0, 0.1) is 0 Å². The van der Waals surface area contributed by atoms with Crippen LogP contribution in [-0.2, 0) is 9.59 Å². The Hall–Kier alpha value is -1.80. The van der Waals surface area contributed by atoms with Gasteiger partial charge in [-0.3, -0.25) is 9.59 Å². The van der Waals surface area contributed by atoms with Crippen molar-refractivity contribution in [1.29, 1.82) is 0 Å². The normalized spacial score (nSPS) is 33.3. The maximum Gasteiger partial charge on any atom is 0.336 e. The van der Waals surface area contributed by atoms with Gasteiger partial charge in [-0.15, -0.1) is 0 Å². The molecule has 0 aromatic rings. The number of rotatable bonds is 0. The van der Waals surface area contributed by atoms with Crippen LogP contribution < -0.4 is 0 Å². The zero-order valence-electron chi connectivity index (χ0n) is 11.9. The van der Waals surface area contributed by atoms with Gasteiger partial charge in [0.25, 0.3) is 0 Å². The average molecular weight is 282 g/mol. The standard InChI is InChI=1S/C12H18N4O4/c1-7-5-11(3,19)15(13-7)9(17)10(18)16-12(4,20)6-8(2)14-16/h19-20H,5-6H2,1-4H3/t11-,12+. The number of carbonyl (C=O) groups excluding carboxylic acids is 2. The summed E-state index contributed by atoms with van der Waals surface area (Å²) in [4.78, 5) is 24.4. The van der Waals surface area contributed by atoms with E-state index in [0.29, 0.717) is 11.4 Å². The molecule has 2 atom stereocenters. The van der Waals surface area contributed by atoms with Gasteiger partial charge in [-0.05, 0) is 27.7 Å². The highest BCUT2D eigenvalue weighted by Crippen LogP contribution is 2.28. The van der Waals surface area contributed by atoms with E-state index in [2.05, 4.69) is 10.2 Å². The molecule has 0 radical (unpaired) electrons. The summed E-state index contributed by atoms with van der Waals surface area (Å²) in [5.74, 6) is -2.05. The average Bonchev–Trinajstić information content (AvgIpc) is 2.71. The molecule has 0 saturated heterocycles. The number of aliphatic hydroxyl groups is 2. The molecule has 2 aliphatic rings. The molecule has 2 aliphatic heterocycles. The van der Waals surface area contributed by atoms with Crippen LogP contribution >= 0.6 is 0 Å². The quantitative estimate of drug-likeness (QED) is 0.591. The van der Waals surface area contributed by atoms with Crippen molar-refractivity contribution >= 4 is 23.2 Å². The van der Waals surface area contributed by atoms with Gasteiger partial charge in [0.2, 0.25) is 0 Å². The first-order chi connectivity index (χ1) is 9.04. The summed E-state index contributed by atoms with van der Waals surface area (Å²) in [6, 6.07) is 0. The lowest BCUT2D eigenvalue weighted by Gasteiger charge is -2.30. The summed E-state index contributed by atoms with van der Waals surface area (Å²) < 4.78 is 0. The lowest BCUT2D eigenvalue weighted by atomic mass is 10.1. The molecule has 0 unspecified atom stereocenters. The third kappa shape index (κ3) is 2.32. The fraction of sp³-hybridized carbons (Fsp3) is 0.667. The van der Waals surface area contributed by atoms with Crippen LogP contribution in [0.2, 0.25) is 0 Å². The number of carbonyl (C=O) groups is 2. The zero-order valence-corrected chi connectivity index (χ0v) is 11.9. The third-order valence-corrected chi connectivity index (χ3v) is 3.20. The Morgan fingerprint density at radius 2 is 1.25 bits per heavy atom. The van der Waals surface area contributed by atoms with E-state index in [-0.39, 0.29) is 12.8 Å². The Labute approximate surface area is 116 Å². The van der Waals surface area contributed by atoms with E-state index >= 15 is 0 Å². The SMILES string of the molecule is CC1=NN(C(=O)C(=O)N2N=C(C)C[C@@]2(C)O)[C@@](C)(O)C1. The fourth-order valence-corrected chi connectivity index (χ4v) is 2.46. The predicted molar refractivity (Wildman–Crippen MR) is 70.4 cm³/mol. The minimum atomic E-state index is -1.54. The highest BCUT2D eigenvalue weighted by atomic mass is 16.3. The second-order valence-corrected chi connectivity index (χ2v) is 5.69. The van der Waals surface area contributed by atoms with Crippen LogP contribution in [0.4, 0.5) is 0 Å². The van der Waals surface area contributed by atoms with Crippen molar-refractivity contribution in [3.8, 4) is 0 Å². The fourth-order valence-electron chi connectivity index (χ4n) is 2.46. The number of nitrogens with zero attached hydrogens (tertiary/aromatic N) is 4. The number of amides is 2. The maximum atomic E-state index is 12.2. The van der Waals surface area contributed by atoms with Gasteiger partial charge in [-0.25, -0.2) is 0 Å². The summed E-state index contributed by atoms with van der Waals surface area (Å²) in [5.41, 5.74) is -1.99. The molecule has 0 spiro atoms. The molecule has 0 aromatic carbocycles. The minimum absolute atomic E-state index is 0.171. The van der Waals surface area contributed by atoms with Crippen molar-refractivity contribution in [2.45, 2.75) is 52.0 Å². The molecule has 0 fully saturated rings. The number of hydrogen-bond acceptors (Lipinski definition) is 6. The topological polar surface area (TPSA) is 106 Å². The summed E-state index contributed by atoms with van der Waals surface area (Å²) >= 11 is 0. The third-order valence-electron chi connectivity index (χ3n) is 3.20. The first-order valence-corrected chi connectivity index (χ1v) is 6.26. The van der Waals surface area contributed by atoms with Crippen LogP contribution in [-0.4, -0.2) is 54.9 Å². The smallest absolute Gasteiger partial charge is 0.336 e. The molecule has 0 aromatic heterocycles. The molecule has 2 amide bonds. The molecule has 0 saturated carbocycles. The maximum absolute atomic E-state index is 12.2. The van der Waals surface area contributed by atoms with Crippen molar-refractivity contribution in [3.63, 3.8) is 0 Å². The largest absolute Gasteiger partial charge is 0.369 e. The van der Waals surface area contributed by atoms with E-state index in [1.54, 1.807) is 13.8 Å². The van der Waals surface area contributed by atoms with Crippen LogP contribution in [0.15, 0.2) is 10.2 Å². The second kappa shape index (κ2) is 4.35. The summed E-state index contributed by atoms with van der Waals surface area (Å²) in [7, 11) is 0. The van der Waals surface area contributed by atoms with Crippen molar-refractivity contribution < 1.29 is 19.8 Å². The van der Waals surface area contributed by atoms with E-state index in [9.17, 15) is 19.8 Å². The van der Waals surface area contributed by atoms with Crippen molar-refractivity contribution in [2.24, 2.45) is 10.2 Å². The van der Waals surface area contributed by atoms with E-state index in [4.69, 9.17) is 0 Å². The first kappa shape index (κ1) is 14.6. The Kier molecular flexibility index (Phi) is 3.18. The molecular weight excluding hydrogens is 264 g/mol. The van der Waals surface area contributed by atoms with Crippen molar-refractivity contribution in [1.82, 2.24) is 10.0 Å². The van der Waals surface area contributed by atoms with E-state index in [1.807, 2.05) is 0 Å². The molecule has 8 nitrogen and oxygen atoms in total. The Balaban J connectivity index is 2.24. The van der Waals surface area contributed by atoms with Crippen LogP contribution in [0.5, 0.6) is 0 Å². The summed E-state index contributed by atoms with van der Waals surface area (Å²) in [6.07, 6.45) is 0.343. The molecule has 0 aliphatic carbocycles. The van der Waals surface area contributed by atoms with Gasteiger partial charge in [0.1, 0.15) is 0 Å². The molecule has 110 valence electrons. The van der Waals surface area contributed by atoms with Crippen LogP contribution in [0.1, 0.15) is 40.5 Å². The highest BCUT2D eigenvalue weighted by molar-refractivity contribution is 6.35. The van der Waals surface area contributed by atoms with Gasteiger partial charge in [0, 0.05) is 24.3 Å². The molecule has 2 rings (SSSR count). The highest BCUT2D eigenvalue weighted by Gasteiger charge is 2.47. The van der Waals surface area contributed by atoms with Gasteiger partial charge in [0.15, 0.2) is 11.4 Å². The van der Waals surface area contributed by atoms with Gasteiger partial charge in [-0.2, -0.15) is 20.2 Å². The first-order valence-electron chi connectivity index (χ1n) is 6.26. The van der Waals surface area contributed by atoms with Gasteiger partial charge in [0.05, 0.1) is 0 Å². The molecule has 2 heterocycles. The molecular formula is C12H18N4O4. The van der Waals surface area contributed by atoms with E-state index < -0.39 is 23.3 Å². The van der Waals surface area contributed by atoms with Gasteiger partial charge < -0.3 is 10.2 Å². The Morgan fingerprint density at radius 3 is 1.45 bits per heavy atom. The zero-order chi connectivity index (χ0) is 15.3. The Morgan fingerprint density at radius 1 is 0.950 bits per heavy atom. The van der Waals surface area contributed by atoms with E-state index in [1.165, 1.54) is 13.8 Å². The van der Waals surface area contributed by atoms with Crippen LogP contribution in [0.3, 0.4) is 0 Å². The second-order valence-electron chi connectivity index (χ2n) is 5.69. The molecule has 0 bridgehead atoms. The number of hydrogen-bond donors (Lipinski definition) is 2. The van der Waals surface area contributed by atoms with E-state index in [0.717, 1.165) is 10.0 Å². The predicted octanol–water partition coefficient (Wildman–Crippen LogP) is -0.380. The molecule has 20 heavy (non-hydrogen) atoms. The van der Waals surface area contributed by atoms with Crippen LogP contribution in [0.25, 0.3) is 0 Å². The minimum Gasteiger partial charge on any atom is -0.369 e.